The van der Waals surface area contributed by atoms with E-state index in [2.05, 4.69) is 182 Å². The van der Waals surface area contributed by atoms with Crippen molar-refractivity contribution in [2.45, 2.75) is 10.8 Å². The van der Waals surface area contributed by atoms with Gasteiger partial charge in [0, 0.05) is 22.3 Å². The second-order valence-corrected chi connectivity index (χ2v) is 15.8. The molecule has 0 amide bonds. The van der Waals surface area contributed by atoms with Gasteiger partial charge in [0.1, 0.15) is 23.0 Å². The lowest BCUT2D eigenvalue weighted by Crippen LogP contribution is -2.32. The summed E-state index contributed by atoms with van der Waals surface area (Å²) in [6.07, 6.45) is 0. The van der Waals surface area contributed by atoms with Crippen molar-refractivity contribution in [1.29, 1.82) is 0 Å². The van der Waals surface area contributed by atoms with Crippen LogP contribution in [0.4, 0.5) is 0 Å². The van der Waals surface area contributed by atoms with Gasteiger partial charge in [-0.25, -0.2) is 0 Å². The highest BCUT2D eigenvalue weighted by molar-refractivity contribution is 6.29. The summed E-state index contributed by atoms with van der Waals surface area (Å²) >= 11 is 0. The van der Waals surface area contributed by atoms with Crippen molar-refractivity contribution in [3.05, 3.63) is 226 Å². The van der Waals surface area contributed by atoms with E-state index in [9.17, 15) is 0 Å². The van der Waals surface area contributed by atoms with Crippen LogP contribution in [-0.4, -0.2) is 0 Å². The molecule has 2 aliphatic heterocycles. The quantitative estimate of drug-likeness (QED) is 0.146. The normalized spacial score (nSPS) is 15.4. The van der Waals surface area contributed by atoms with E-state index in [0.717, 1.165) is 23.0 Å². The minimum absolute atomic E-state index is 0.516. The van der Waals surface area contributed by atoms with Gasteiger partial charge in [-0.1, -0.05) is 146 Å². The molecule has 2 heteroatoms. The van der Waals surface area contributed by atoms with Gasteiger partial charge < -0.3 is 9.47 Å². The number of fused-ring (bicyclic) bond motifs is 20. The topological polar surface area (TPSA) is 18.5 Å². The lowest BCUT2D eigenvalue weighted by atomic mass is 9.65. The van der Waals surface area contributed by atoms with Crippen molar-refractivity contribution in [3.63, 3.8) is 0 Å². The Kier molecular flexibility index (Phi) is 5.18. The van der Waals surface area contributed by atoms with E-state index in [1.54, 1.807) is 0 Å². The van der Waals surface area contributed by atoms with Crippen LogP contribution in [0, 0.1) is 0 Å². The maximum atomic E-state index is 6.65. The standard InChI is InChI=1S/C54H30O2/c1-3-15-37-33(13-1)51-35-27-25-32-30-44-52(34-14-2-4-16-38(34)54(44)41-19-7-11-23-47(41)56-48-24-12-8-20-42(48)54)36-28-26-31(49(35)50(32)36)29-43(51)53(37)39-17-5-9-21-45(39)55-46-22-10-6-18-40(46)53/h1-30H. The molecule has 0 radical (unpaired) electrons. The van der Waals surface area contributed by atoms with Gasteiger partial charge >= 0.3 is 0 Å². The molecule has 56 heavy (non-hydrogen) atoms. The van der Waals surface area contributed by atoms with Crippen LogP contribution in [0.3, 0.4) is 0 Å². The lowest BCUT2D eigenvalue weighted by Gasteiger charge is -2.39. The van der Waals surface area contributed by atoms with Crippen molar-refractivity contribution in [2.24, 2.45) is 0 Å². The van der Waals surface area contributed by atoms with Crippen molar-refractivity contribution >= 4 is 32.3 Å². The maximum absolute atomic E-state index is 6.65. The van der Waals surface area contributed by atoms with Crippen molar-refractivity contribution in [3.8, 4) is 45.3 Å². The number of ether oxygens (including phenoxy) is 2. The van der Waals surface area contributed by atoms with Crippen LogP contribution >= 0.6 is 0 Å². The molecule has 2 nitrogen and oxygen atoms in total. The summed E-state index contributed by atoms with van der Waals surface area (Å²) in [4.78, 5) is 0. The Morgan fingerprint density at radius 1 is 0.286 bits per heavy atom. The minimum atomic E-state index is -0.516. The molecule has 10 aromatic carbocycles. The monoisotopic (exact) mass is 710 g/mol. The first kappa shape index (κ1) is 29.2. The molecule has 0 aromatic heterocycles. The van der Waals surface area contributed by atoms with Crippen LogP contribution in [0.2, 0.25) is 0 Å². The third kappa shape index (κ3) is 3.15. The summed E-state index contributed by atoms with van der Waals surface area (Å²) in [6.45, 7) is 0. The summed E-state index contributed by atoms with van der Waals surface area (Å²) in [5, 5.41) is 7.76. The number of hydrogen-bond donors (Lipinski definition) is 0. The molecular formula is C54H30O2. The van der Waals surface area contributed by atoms with Gasteiger partial charge in [-0.2, -0.15) is 0 Å². The van der Waals surface area contributed by atoms with E-state index in [-0.39, 0.29) is 0 Å². The molecule has 14 rings (SSSR count). The van der Waals surface area contributed by atoms with Gasteiger partial charge in [0.25, 0.3) is 0 Å². The first-order chi connectivity index (χ1) is 27.8. The second-order valence-electron chi connectivity index (χ2n) is 15.8. The zero-order chi connectivity index (χ0) is 36.3. The van der Waals surface area contributed by atoms with Crippen LogP contribution in [0.1, 0.15) is 44.5 Å². The minimum Gasteiger partial charge on any atom is -0.457 e. The van der Waals surface area contributed by atoms with E-state index in [4.69, 9.17) is 9.47 Å². The second kappa shape index (κ2) is 9.92. The van der Waals surface area contributed by atoms with E-state index in [1.807, 2.05) is 0 Å². The summed E-state index contributed by atoms with van der Waals surface area (Å²) in [5.41, 5.74) is 14.2. The van der Waals surface area contributed by atoms with Crippen LogP contribution in [0.15, 0.2) is 182 Å². The molecule has 0 saturated carbocycles. The number of para-hydroxylation sites is 4. The molecule has 0 saturated heterocycles. The molecule has 0 unspecified atom stereocenters. The van der Waals surface area contributed by atoms with Gasteiger partial charge in [-0.15, -0.1) is 0 Å². The van der Waals surface area contributed by atoms with Gasteiger partial charge in [0.05, 0.1) is 10.8 Å². The Balaban J connectivity index is 1.14. The summed E-state index contributed by atoms with van der Waals surface area (Å²) in [5.74, 6) is 3.66. The largest absolute Gasteiger partial charge is 0.457 e. The number of hydrogen-bond acceptors (Lipinski definition) is 2. The fourth-order valence-electron chi connectivity index (χ4n) is 11.6. The van der Waals surface area contributed by atoms with Crippen LogP contribution in [-0.2, 0) is 10.8 Å². The van der Waals surface area contributed by atoms with Crippen molar-refractivity contribution in [1.82, 2.24) is 0 Å². The van der Waals surface area contributed by atoms with Crippen LogP contribution in [0.5, 0.6) is 23.0 Å². The third-order valence-corrected chi connectivity index (χ3v) is 13.5. The van der Waals surface area contributed by atoms with Gasteiger partial charge in [0.15, 0.2) is 0 Å². The molecule has 2 spiro atoms. The average Bonchev–Trinajstić information content (AvgIpc) is 3.71. The smallest absolute Gasteiger partial charge is 0.132 e. The zero-order valence-electron chi connectivity index (χ0n) is 30.1. The third-order valence-electron chi connectivity index (χ3n) is 13.5. The molecule has 0 fully saturated rings. The van der Waals surface area contributed by atoms with E-state index in [0.29, 0.717) is 0 Å². The Bertz CT molecular complexity index is 3070. The Morgan fingerprint density at radius 2 is 0.607 bits per heavy atom. The SMILES string of the molecule is c1ccc2c(c1)Oc1ccccc1C21c2ccccc2-c2c1cc1ccc3c4c(cc5ccc2c1c53)C1(c2ccccc2Oc2ccccc21)c1ccccc1-4. The molecule has 258 valence electrons. The van der Waals surface area contributed by atoms with E-state index >= 15 is 0 Å². The fourth-order valence-corrected chi connectivity index (χ4v) is 11.6. The molecule has 0 N–H and O–H groups in total. The number of rotatable bonds is 0. The summed E-state index contributed by atoms with van der Waals surface area (Å²) in [6, 6.07) is 67.3. The first-order valence-corrected chi connectivity index (χ1v) is 19.5. The van der Waals surface area contributed by atoms with Gasteiger partial charge in [-0.05, 0) is 113 Å². The predicted molar refractivity (Wildman–Crippen MR) is 225 cm³/mol. The molecule has 0 atom stereocenters. The zero-order valence-corrected chi connectivity index (χ0v) is 30.1. The molecule has 4 aliphatic rings. The predicted octanol–water partition coefficient (Wildman–Crippen LogP) is 13.5. The lowest BCUT2D eigenvalue weighted by molar-refractivity contribution is 0.436. The highest BCUT2D eigenvalue weighted by atomic mass is 16.5. The average molecular weight is 711 g/mol. The maximum Gasteiger partial charge on any atom is 0.132 e. The van der Waals surface area contributed by atoms with E-state index in [1.165, 1.54) is 99.1 Å². The molecular weight excluding hydrogens is 681 g/mol. The highest BCUT2D eigenvalue weighted by Gasteiger charge is 2.53. The highest BCUT2D eigenvalue weighted by Crippen LogP contribution is 2.66. The van der Waals surface area contributed by atoms with E-state index < -0.39 is 10.8 Å². The molecule has 0 bridgehead atoms. The summed E-state index contributed by atoms with van der Waals surface area (Å²) in [7, 11) is 0. The van der Waals surface area contributed by atoms with Crippen molar-refractivity contribution < 1.29 is 9.47 Å². The Morgan fingerprint density at radius 3 is 0.982 bits per heavy atom. The van der Waals surface area contributed by atoms with Crippen LogP contribution in [0.25, 0.3) is 54.6 Å². The summed E-state index contributed by atoms with van der Waals surface area (Å²) < 4.78 is 13.3. The van der Waals surface area contributed by atoms with Gasteiger partial charge in [-0.3, -0.25) is 0 Å². The molecule has 10 aromatic rings. The van der Waals surface area contributed by atoms with Crippen LogP contribution < -0.4 is 9.47 Å². The Labute approximate surface area is 323 Å². The van der Waals surface area contributed by atoms with Gasteiger partial charge in [0.2, 0.25) is 0 Å². The Hall–Kier alpha value is -7.16. The molecule has 2 aliphatic carbocycles. The fraction of sp³-hybridized carbons (Fsp3) is 0.0370. The molecule has 2 heterocycles. The first-order valence-electron chi connectivity index (χ1n) is 19.5. The van der Waals surface area contributed by atoms with Crippen molar-refractivity contribution in [2.75, 3.05) is 0 Å². The number of benzene rings is 10.